The average Bonchev–Trinajstić information content (AvgIpc) is 2.92. The average molecular weight is 298 g/mol. The van der Waals surface area contributed by atoms with Crippen molar-refractivity contribution < 1.29 is 14.1 Å². The Balaban J connectivity index is 2.11. The Morgan fingerprint density at radius 1 is 1.27 bits per heavy atom. The number of carbonyl (C=O) groups excluding carboxylic acids is 1. The summed E-state index contributed by atoms with van der Waals surface area (Å²) in [5.74, 6) is 0.403. The summed E-state index contributed by atoms with van der Waals surface area (Å²) in [6, 6.07) is 9.48. The van der Waals surface area contributed by atoms with Gasteiger partial charge in [0.05, 0.1) is 6.61 Å². The number of esters is 1. The van der Waals surface area contributed by atoms with E-state index in [9.17, 15) is 4.79 Å². The van der Waals surface area contributed by atoms with E-state index in [1.54, 1.807) is 13.8 Å². The molecule has 0 radical (unpaired) electrons. The SMILES string of the molecule is CCOC(=O)c1noc2nc(C)nc(Nc3ccccc3)c12. The third kappa shape index (κ3) is 2.60. The van der Waals surface area contributed by atoms with Gasteiger partial charge in [0, 0.05) is 5.69 Å². The van der Waals surface area contributed by atoms with Crippen LogP contribution in [0.2, 0.25) is 0 Å². The Bertz CT molecular complexity index is 814. The topological polar surface area (TPSA) is 90.1 Å². The lowest BCUT2D eigenvalue weighted by Gasteiger charge is -2.07. The number of hydrogen-bond acceptors (Lipinski definition) is 7. The molecule has 7 nitrogen and oxygen atoms in total. The third-order valence-corrected chi connectivity index (χ3v) is 2.95. The van der Waals surface area contributed by atoms with E-state index >= 15 is 0 Å². The van der Waals surface area contributed by atoms with Gasteiger partial charge in [-0.25, -0.2) is 9.78 Å². The van der Waals surface area contributed by atoms with Gasteiger partial charge in [0.15, 0.2) is 0 Å². The van der Waals surface area contributed by atoms with Gasteiger partial charge in [-0.05, 0) is 26.0 Å². The van der Waals surface area contributed by atoms with E-state index in [1.165, 1.54) is 0 Å². The van der Waals surface area contributed by atoms with Crippen LogP contribution in [0, 0.1) is 6.92 Å². The quantitative estimate of drug-likeness (QED) is 0.740. The van der Waals surface area contributed by atoms with Gasteiger partial charge in [0.1, 0.15) is 17.0 Å². The van der Waals surface area contributed by atoms with Crippen LogP contribution in [0.5, 0.6) is 0 Å². The lowest BCUT2D eigenvalue weighted by molar-refractivity contribution is 0.0517. The summed E-state index contributed by atoms with van der Waals surface area (Å²) in [6.07, 6.45) is 0. The molecule has 0 bridgehead atoms. The molecular weight excluding hydrogens is 284 g/mol. The fourth-order valence-electron chi connectivity index (χ4n) is 2.05. The number of para-hydroxylation sites is 1. The summed E-state index contributed by atoms with van der Waals surface area (Å²) in [5.41, 5.74) is 1.14. The zero-order chi connectivity index (χ0) is 15.5. The highest BCUT2D eigenvalue weighted by Crippen LogP contribution is 2.27. The van der Waals surface area contributed by atoms with E-state index in [4.69, 9.17) is 9.26 Å². The number of rotatable bonds is 4. The molecule has 112 valence electrons. The van der Waals surface area contributed by atoms with E-state index in [2.05, 4.69) is 20.4 Å². The maximum atomic E-state index is 12.0. The first-order valence-corrected chi connectivity index (χ1v) is 6.82. The van der Waals surface area contributed by atoms with Crippen LogP contribution in [-0.4, -0.2) is 27.7 Å². The lowest BCUT2D eigenvalue weighted by atomic mass is 10.2. The number of fused-ring (bicyclic) bond motifs is 1. The van der Waals surface area contributed by atoms with E-state index < -0.39 is 5.97 Å². The van der Waals surface area contributed by atoms with Gasteiger partial charge in [0.2, 0.25) is 5.69 Å². The molecule has 7 heteroatoms. The molecule has 1 aromatic carbocycles. The number of aromatic nitrogens is 3. The maximum absolute atomic E-state index is 12.0. The van der Waals surface area contributed by atoms with Gasteiger partial charge in [-0.15, -0.1) is 0 Å². The van der Waals surface area contributed by atoms with Crippen LogP contribution in [0.4, 0.5) is 11.5 Å². The number of anilines is 2. The van der Waals surface area contributed by atoms with Crippen LogP contribution in [0.1, 0.15) is 23.2 Å². The van der Waals surface area contributed by atoms with Crippen LogP contribution in [0.15, 0.2) is 34.9 Å². The van der Waals surface area contributed by atoms with Crippen molar-refractivity contribution in [1.29, 1.82) is 0 Å². The molecule has 0 saturated carbocycles. The Labute approximate surface area is 126 Å². The molecule has 0 amide bonds. The largest absolute Gasteiger partial charge is 0.461 e. The smallest absolute Gasteiger partial charge is 0.361 e. The summed E-state index contributed by atoms with van der Waals surface area (Å²) in [4.78, 5) is 20.5. The normalized spacial score (nSPS) is 10.6. The Kier molecular flexibility index (Phi) is 3.69. The van der Waals surface area contributed by atoms with Crippen molar-refractivity contribution in [1.82, 2.24) is 15.1 Å². The van der Waals surface area contributed by atoms with E-state index in [0.717, 1.165) is 5.69 Å². The molecule has 0 atom stereocenters. The van der Waals surface area contributed by atoms with E-state index in [-0.39, 0.29) is 18.0 Å². The minimum absolute atomic E-state index is 0.0651. The number of carbonyl (C=O) groups is 1. The Morgan fingerprint density at radius 3 is 2.77 bits per heavy atom. The second-order valence-corrected chi connectivity index (χ2v) is 4.54. The van der Waals surface area contributed by atoms with Gasteiger partial charge in [-0.2, -0.15) is 4.98 Å². The molecule has 0 spiro atoms. The first-order valence-electron chi connectivity index (χ1n) is 6.82. The summed E-state index contributed by atoms with van der Waals surface area (Å²) in [6.45, 7) is 3.72. The third-order valence-electron chi connectivity index (χ3n) is 2.95. The number of ether oxygens (including phenoxy) is 1. The van der Waals surface area contributed by atoms with Crippen LogP contribution >= 0.6 is 0 Å². The fourth-order valence-corrected chi connectivity index (χ4v) is 2.05. The highest BCUT2D eigenvalue weighted by Gasteiger charge is 2.23. The molecule has 0 aliphatic heterocycles. The van der Waals surface area contributed by atoms with Crippen molar-refractivity contribution in [2.24, 2.45) is 0 Å². The van der Waals surface area contributed by atoms with Crippen molar-refractivity contribution in [3.8, 4) is 0 Å². The molecule has 0 saturated heterocycles. The lowest BCUT2D eigenvalue weighted by Crippen LogP contribution is -2.07. The van der Waals surface area contributed by atoms with Crippen LogP contribution in [0.3, 0.4) is 0 Å². The summed E-state index contributed by atoms with van der Waals surface area (Å²) in [7, 11) is 0. The summed E-state index contributed by atoms with van der Waals surface area (Å²) < 4.78 is 10.1. The van der Waals surface area contributed by atoms with Gasteiger partial charge in [-0.1, -0.05) is 23.4 Å². The molecule has 22 heavy (non-hydrogen) atoms. The Hall–Kier alpha value is -2.96. The number of aryl methyl sites for hydroxylation is 1. The molecular formula is C15H14N4O3. The number of nitrogens with one attached hydrogen (secondary N) is 1. The second kappa shape index (κ2) is 5.80. The first-order chi connectivity index (χ1) is 10.7. The number of benzene rings is 1. The first kappa shape index (κ1) is 14.0. The second-order valence-electron chi connectivity index (χ2n) is 4.54. The standard InChI is InChI=1S/C15H14N4O3/c1-3-21-15(20)12-11-13(18-10-7-5-4-6-8-10)16-9(2)17-14(11)22-19-12/h4-8H,3H2,1-2H3,(H,16,17,18). The highest BCUT2D eigenvalue weighted by molar-refractivity contribution is 6.05. The van der Waals surface area contributed by atoms with Crippen LogP contribution < -0.4 is 5.32 Å². The fraction of sp³-hybridized carbons (Fsp3) is 0.200. The van der Waals surface area contributed by atoms with Crippen molar-refractivity contribution >= 4 is 28.6 Å². The maximum Gasteiger partial charge on any atom is 0.361 e. The van der Waals surface area contributed by atoms with Crippen molar-refractivity contribution in [2.45, 2.75) is 13.8 Å². The zero-order valence-corrected chi connectivity index (χ0v) is 12.2. The molecule has 0 aliphatic carbocycles. The summed E-state index contributed by atoms with van der Waals surface area (Å²) >= 11 is 0. The minimum atomic E-state index is -0.565. The predicted octanol–water partition coefficient (Wildman–Crippen LogP) is 2.85. The molecule has 0 fully saturated rings. The molecule has 0 unspecified atom stereocenters. The molecule has 2 aromatic heterocycles. The number of hydrogen-bond donors (Lipinski definition) is 1. The van der Waals surface area contributed by atoms with Crippen LogP contribution in [0.25, 0.3) is 11.1 Å². The van der Waals surface area contributed by atoms with Crippen molar-refractivity contribution in [2.75, 3.05) is 11.9 Å². The van der Waals surface area contributed by atoms with Crippen molar-refractivity contribution in [3.05, 3.63) is 41.9 Å². The van der Waals surface area contributed by atoms with Gasteiger partial charge in [0.25, 0.3) is 5.71 Å². The highest BCUT2D eigenvalue weighted by atomic mass is 16.5. The Morgan fingerprint density at radius 2 is 2.05 bits per heavy atom. The van der Waals surface area contributed by atoms with Gasteiger partial charge < -0.3 is 14.6 Å². The molecule has 1 N–H and O–H groups in total. The predicted molar refractivity (Wildman–Crippen MR) is 80.0 cm³/mol. The molecule has 0 aliphatic rings. The molecule has 3 rings (SSSR count). The van der Waals surface area contributed by atoms with Gasteiger partial charge in [-0.3, -0.25) is 0 Å². The zero-order valence-electron chi connectivity index (χ0n) is 12.2. The van der Waals surface area contributed by atoms with E-state index in [0.29, 0.717) is 17.0 Å². The van der Waals surface area contributed by atoms with Crippen molar-refractivity contribution in [3.63, 3.8) is 0 Å². The molecule has 2 heterocycles. The minimum Gasteiger partial charge on any atom is -0.461 e. The monoisotopic (exact) mass is 298 g/mol. The van der Waals surface area contributed by atoms with E-state index in [1.807, 2.05) is 30.3 Å². The van der Waals surface area contributed by atoms with Gasteiger partial charge >= 0.3 is 5.97 Å². The number of nitrogens with zero attached hydrogens (tertiary/aromatic N) is 3. The van der Waals surface area contributed by atoms with Crippen LogP contribution in [-0.2, 0) is 4.74 Å². The molecule has 3 aromatic rings. The summed E-state index contributed by atoms with van der Waals surface area (Å²) in [5, 5.41) is 7.33.